The van der Waals surface area contributed by atoms with Crippen molar-refractivity contribution in [1.82, 2.24) is 14.9 Å². The molecule has 0 saturated carbocycles. The van der Waals surface area contributed by atoms with Crippen molar-refractivity contribution in [2.24, 2.45) is 0 Å². The van der Waals surface area contributed by atoms with Gasteiger partial charge in [0.2, 0.25) is 11.9 Å². The molecule has 1 saturated heterocycles. The number of anilines is 1. The van der Waals surface area contributed by atoms with Gasteiger partial charge in [-0.05, 0) is 48.2 Å². The van der Waals surface area contributed by atoms with E-state index in [1.807, 2.05) is 54.4 Å². The second-order valence-electron chi connectivity index (χ2n) is 8.55. The molecule has 2 heterocycles. The maximum absolute atomic E-state index is 13.5. The van der Waals surface area contributed by atoms with Crippen LogP contribution in [0.15, 0.2) is 54.7 Å². The van der Waals surface area contributed by atoms with E-state index in [1.165, 1.54) is 12.1 Å². The summed E-state index contributed by atoms with van der Waals surface area (Å²) in [5.41, 5.74) is 3.72. The largest absolute Gasteiger partial charge is 0.497 e. The molecule has 0 aliphatic carbocycles. The number of likely N-dealkylation sites (tertiary alicyclic amines) is 1. The first-order valence-corrected chi connectivity index (χ1v) is 11.2. The monoisotopic (exact) mass is 448 g/mol. The van der Waals surface area contributed by atoms with Gasteiger partial charge in [-0.25, -0.2) is 14.4 Å². The van der Waals surface area contributed by atoms with Crippen LogP contribution in [-0.2, 0) is 11.2 Å². The van der Waals surface area contributed by atoms with Gasteiger partial charge in [0, 0.05) is 44.9 Å². The summed E-state index contributed by atoms with van der Waals surface area (Å²) in [7, 11) is 5.45. The molecule has 1 amide bonds. The summed E-state index contributed by atoms with van der Waals surface area (Å²) in [4.78, 5) is 26.0. The van der Waals surface area contributed by atoms with E-state index in [4.69, 9.17) is 9.72 Å². The lowest BCUT2D eigenvalue weighted by Crippen LogP contribution is -2.39. The minimum Gasteiger partial charge on any atom is -0.497 e. The lowest BCUT2D eigenvalue weighted by atomic mass is 9.88. The van der Waals surface area contributed by atoms with Gasteiger partial charge in [0.05, 0.1) is 19.2 Å². The van der Waals surface area contributed by atoms with Crippen LogP contribution in [0.3, 0.4) is 0 Å². The highest BCUT2D eigenvalue weighted by molar-refractivity contribution is 5.79. The molecule has 0 radical (unpaired) electrons. The molecule has 1 aliphatic heterocycles. The van der Waals surface area contributed by atoms with Crippen LogP contribution in [0.2, 0.25) is 0 Å². The van der Waals surface area contributed by atoms with E-state index in [9.17, 15) is 9.18 Å². The van der Waals surface area contributed by atoms with Crippen LogP contribution >= 0.6 is 0 Å². The molecule has 4 rings (SSSR count). The van der Waals surface area contributed by atoms with E-state index >= 15 is 0 Å². The van der Waals surface area contributed by atoms with Crippen LogP contribution in [0.4, 0.5) is 10.3 Å². The van der Waals surface area contributed by atoms with Gasteiger partial charge >= 0.3 is 0 Å². The Labute approximate surface area is 194 Å². The maximum atomic E-state index is 13.5. The Hall–Kier alpha value is -3.48. The minimum atomic E-state index is -0.269. The Morgan fingerprint density at radius 1 is 1.15 bits per heavy atom. The second kappa shape index (κ2) is 9.98. The second-order valence-corrected chi connectivity index (χ2v) is 8.55. The molecule has 0 atom stereocenters. The number of amides is 1. The molecule has 1 fully saturated rings. The predicted molar refractivity (Wildman–Crippen MR) is 127 cm³/mol. The highest BCUT2D eigenvalue weighted by Crippen LogP contribution is 2.35. The van der Waals surface area contributed by atoms with Gasteiger partial charge in [-0.2, -0.15) is 0 Å². The van der Waals surface area contributed by atoms with Crippen molar-refractivity contribution in [1.29, 1.82) is 0 Å². The number of aromatic nitrogens is 2. The Morgan fingerprint density at radius 2 is 1.88 bits per heavy atom. The molecule has 1 aromatic heterocycles. The summed E-state index contributed by atoms with van der Waals surface area (Å²) in [6.07, 6.45) is 3.83. The van der Waals surface area contributed by atoms with E-state index in [2.05, 4.69) is 4.98 Å². The number of hydrogen-bond acceptors (Lipinski definition) is 5. The third kappa shape index (κ3) is 5.30. The Morgan fingerprint density at radius 3 is 2.55 bits per heavy atom. The summed E-state index contributed by atoms with van der Waals surface area (Å²) >= 11 is 0. The lowest BCUT2D eigenvalue weighted by Gasteiger charge is -2.33. The fourth-order valence-corrected chi connectivity index (χ4v) is 4.23. The molecule has 0 spiro atoms. The van der Waals surface area contributed by atoms with Gasteiger partial charge in [0.25, 0.3) is 0 Å². The number of nitrogens with zero attached hydrogens (tertiary/aromatic N) is 4. The molecule has 2 aromatic carbocycles. The Kier molecular flexibility index (Phi) is 6.87. The van der Waals surface area contributed by atoms with E-state index < -0.39 is 0 Å². The van der Waals surface area contributed by atoms with Gasteiger partial charge in [-0.3, -0.25) is 4.79 Å². The zero-order valence-electron chi connectivity index (χ0n) is 19.3. The van der Waals surface area contributed by atoms with Gasteiger partial charge in [0.15, 0.2) is 0 Å². The average molecular weight is 449 g/mol. The van der Waals surface area contributed by atoms with E-state index in [1.54, 1.807) is 19.2 Å². The molecule has 0 bridgehead atoms. The van der Waals surface area contributed by atoms with Crippen molar-refractivity contribution in [3.05, 3.63) is 71.8 Å². The zero-order valence-corrected chi connectivity index (χ0v) is 19.3. The van der Waals surface area contributed by atoms with Gasteiger partial charge in [-0.1, -0.05) is 24.3 Å². The van der Waals surface area contributed by atoms with Crippen LogP contribution in [-0.4, -0.2) is 55.1 Å². The Balaban J connectivity index is 1.50. The number of benzene rings is 2. The highest BCUT2D eigenvalue weighted by Gasteiger charge is 2.27. The number of ether oxygens (including phenoxy) is 1. The SMILES string of the molecule is COc1cccc(CC(=O)N2CCC(c3nc(N(C)C)ncc3-c3ccc(F)cc3)CC2)c1. The summed E-state index contributed by atoms with van der Waals surface area (Å²) in [6, 6.07) is 14.1. The normalized spacial score (nSPS) is 14.2. The number of methoxy groups -OCH3 is 1. The highest BCUT2D eigenvalue weighted by atomic mass is 19.1. The third-order valence-electron chi connectivity index (χ3n) is 6.08. The molecule has 7 heteroatoms. The third-order valence-corrected chi connectivity index (χ3v) is 6.08. The van der Waals surface area contributed by atoms with E-state index in [0.717, 1.165) is 41.0 Å². The van der Waals surface area contributed by atoms with Crippen molar-refractivity contribution >= 4 is 11.9 Å². The molecular weight excluding hydrogens is 419 g/mol. The first-order valence-electron chi connectivity index (χ1n) is 11.2. The van der Waals surface area contributed by atoms with Crippen molar-refractivity contribution < 1.29 is 13.9 Å². The molecule has 172 valence electrons. The number of hydrogen-bond donors (Lipinski definition) is 0. The van der Waals surface area contributed by atoms with Crippen molar-refractivity contribution in [2.45, 2.75) is 25.2 Å². The molecule has 3 aromatic rings. The lowest BCUT2D eigenvalue weighted by molar-refractivity contribution is -0.131. The molecule has 1 aliphatic rings. The van der Waals surface area contributed by atoms with Gasteiger partial charge < -0.3 is 14.5 Å². The molecular formula is C26H29FN4O2. The summed E-state index contributed by atoms with van der Waals surface area (Å²) in [6.45, 7) is 1.36. The van der Waals surface area contributed by atoms with E-state index in [-0.39, 0.29) is 17.6 Å². The number of halogens is 1. The summed E-state index contributed by atoms with van der Waals surface area (Å²) in [5.74, 6) is 1.46. The number of carbonyl (C=O) groups excluding carboxylic acids is 1. The maximum Gasteiger partial charge on any atom is 0.226 e. The van der Waals surface area contributed by atoms with Crippen molar-refractivity contribution in [3.8, 4) is 16.9 Å². The predicted octanol–water partition coefficient (Wildman–Crippen LogP) is 4.31. The Bertz CT molecular complexity index is 1110. The first kappa shape index (κ1) is 22.7. The minimum absolute atomic E-state index is 0.122. The van der Waals surface area contributed by atoms with Crippen LogP contribution in [0.25, 0.3) is 11.1 Å². The van der Waals surface area contributed by atoms with Gasteiger partial charge in [0.1, 0.15) is 11.6 Å². The fourth-order valence-electron chi connectivity index (χ4n) is 4.23. The van der Waals surface area contributed by atoms with Crippen LogP contribution < -0.4 is 9.64 Å². The number of piperidine rings is 1. The topological polar surface area (TPSA) is 58.6 Å². The zero-order chi connectivity index (χ0) is 23.4. The molecule has 0 N–H and O–H groups in total. The summed E-state index contributed by atoms with van der Waals surface area (Å²) < 4.78 is 18.7. The van der Waals surface area contributed by atoms with Crippen molar-refractivity contribution in [2.75, 3.05) is 39.2 Å². The summed E-state index contributed by atoms with van der Waals surface area (Å²) in [5, 5.41) is 0. The number of carbonyl (C=O) groups is 1. The van der Waals surface area contributed by atoms with Crippen molar-refractivity contribution in [3.63, 3.8) is 0 Å². The molecule has 6 nitrogen and oxygen atoms in total. The first-order chi connectivity index (χ1) is 15.9. The fraction of sp³-hybridized carbons (Fsp3) is 0.346. The van der Waals surface area contributed by atoms with Crippen LogP contribution in [0, 0.1) is 5.82 Å². The van der Waals surface area contributed by atoms with Crippen LogP contribution in [0.5, 0.6) is 5.75 Å². The number of rotatable bonds is 6. The van der Waals surface area contributed by atoms with Gasteiger partial charge in [-0.15, -0.1) is 0 Å². The standard InChI is InChI=1S/C26H29FN4O2/c1-30(2)26-28-17-23(19-7-9-21(27)10-8-19)25(29-26)20-11-13-31(14-12-20)24(32)16-18-5-4-6-22(15-18)33-3/h4-10,15,17,20H,11-14,16H2,1-3H3. The van der Waals surface area contributed by atoms with Crippen LogP contribution in [0.1, 0.15) is 30.0 Å². The average Bonchev–Trinajstić information content (AvgIpc) is 2.84. The molecule has 33 heavy (non-hydrogen) atoms. The van der Waals surface area contributed by atoms with E-state index in [0.29, 0.717) is 25.5 Å². The molecule has 0 unspecified atom stereocenters. The smallest absolute Gasteiger partial charge is 0.226 e. The quantitative estimate of drug-likeness (QED) is 0.563.